The molecule has 0 amide bonds. The molecule has 94 valence electrons. The molecule has 0 bridgehead atoms. The third kappa shape index (κ3) is 2.68. The fraction of sp³-hybridized carbons (Fsp3) is 0.133. The van der Waals surface area contributed by atoms with E-state index in [9.17, 15) is 0 Å². The number of nitrogens with zero attached hydrogens (tertiary/aromatic N) is 4. The lowest BCUT2D eigenvalue weighted by Gasteiger charge is -2.06. The zero-order valence-corrected chi connectivity index (χ0v) is 10.7. The predicted molar refractivity (Wildman–Crippen MR) is 73.5 cm³/mol. The lowest BCUT2D eigenvalue weighted by Crippen LogP contribution is -2.05. The van der Waals surface area contributed by atoms with Crippen molar-refractivity contribution < 1.29 is 0 Å². The minimum Gasteiger partial charge on any atom is -0.267 e. The number of aryl methyl sites for hydroxylation is 1. The van der Waals surface area contributed by atoms with Crippen LogP contribution in [-0.2, 0) is 6.54 Å². The van der Waals surface area contributed by atoms with Crippen molar-refractivity contribution in [2.24, 2.45) is 0 Å². The Bertz CT molecular complexity index is 660. The van der Waals surface area contributed by atoms with Crippen molar-refractivity contribution in [3.8, 4) is 11.4 Å². The highest BCUT2D eigenvalue weighted by Gasteiger charge is 2.05. The molecule has 19 heavy (non-hydrogen) atoms. The quantitative estimate of drug-likeness (QED) is 0.717. The fourth-order valence-corrected chi connectivity index (χ4v) is 1.99. The molecule has 3 rings (SSSR count). The van der Waals surface area contributed by atoms with Crippen LogP contribution in [0.25, 0.3) is 11.4 Å². The molecule has 0 spiro atoms. The molecule has 4 heteroatoms. The van der Waals surface area contributed by atoms with Crippen LogP contribution in [0.5, 0.6) is 0 Å². The zero-order chi connectivity index (χ0) is 13.1. The van der Waals surface area contributed by atoms with Gasteiger partial charge in [-0.3, -0.25) is 4.68 Å². The van der Waals surface area contributed by atoms with Gasteiger partial charge in [0.25, 0.3) is 0 Å². The highest BCUT2D eigenvalue weighted by molar-refractivity contribution is 5.54. The molecule has 0 saturated heterocycles. The van der Waals surface area contributed by atoms with Crippen LogP contribution in [0.2, 0.25) is 0 Å². The van der Waals surface area contributed by atoms with Gasteiger partial charge in [0.1, 0.15) is 0 Å². The molecule has 0 aliphatic heterocycles. The van der Waals surface area contributed by atoms with Crippen LogP contribution < -0.4 is 0 Å². The van der Waals surface area contributed by atoms with Crippen LogP contribution in [0.1, 0.15) is 11.4 Å². The Morgan fingerprint density at radius 3 is 2.63 bits per heavy atom. The van der Waals surface area contributed by atoms with Crippen LogP contribution in [0, 0.1) is 6.92 Å². The molecular weight excluding hydrogens is 236 g/mol. The van der Waals surface area contributed by atoms with E-state index in [1.165, 1.54) is 0 Å². The van der Waals surface area contributed by atoms with Gasteiger partial charge < -0.3 is 0 Å². The molecule has 0 aliphatic rings. The third-order valence-electron chi connectivity index (χ3n) is 2.82. The highest BCUT2D eigenvalue weighted by atomic mass is 15.3. The first-order chi connectivity index (χ1) is 9.31. The first-order valence-electron chi connectivity index (χ1n) is 6.19. The SMILES string of the molecule is Cc1cc(Cn2cccn2)nc(-c2ccccc2)n1. The first-order valence-corrected chi connectivity index (χ1v) is 6.19. The summed E-state index contributed by atoms with van der Waals surface area (Å²) in [5, 5.41) is 4.20. The number of hydrogen-bond acceptors (Lipinski definition) is 3. The molecule has 1 aromatic carbocycles. The Morgan fingerprint density at radius 1 is 1.05 bits per heavy atom. The van der Waals surface area contributed by atoms with Crippen molar-refractivity contribution in [1.82, 2.24) is 19.7 Å². The summed E-state index contributed by atoms with van der Waals surface area (Å²) in [6.45, 7) is 2.65. The van der Waals surface area contributed by atoms with E-state index in [-0.39, 0.29) is 0 Å². The number of rotatable bonds is 3. The summed E-state index contributed by atoms with van der Waals surface area (Å²) in [5.41, 5.74) is 2.97. The molecular formula is C15H14N4. The second-order valence-electron chi connectivity index (χ2n) is 4.39. The van der Waals surface area contributed by atoms with E-state index in [1.54, 1.807) is 6.20 Å². The molecule has 4 nitrogen and oxygen atoms in total. The van der Waals surface area contributed by atoms with Gasteiger partial charge in [-0.2, -0.15) is 5.10 Å². The molecule has 0 aliphatic carbocycles. The van der Waals surface area contributed by atoms with Crippen molar-refractivity contribution in [2.45, 2.75) is 13.5 Å². The second-order valence-corrected chi connectivity index (χ2v) is 4.39. The summed E-state index contributed by atoms with van der Waals surface area (Å²) in [4.78, 5) is 9.10. The molecule has 0 atom stereocenters. The summed E-state index contributed by atoms with van der Waals surface area (Å²) in [5.74, 6) is 0.766. The average molecular weight is 250 g/mol. The van der Waals surface area contributed by atoms with Gasteiger partial charge in [-0.05, 0) is 19.1 Å². The molecule has 0 radical (unpaired) electrons. The highest BCUT2D eigenvalue weighted by Crippen LogP contribution is 2.15. The van der Waals surface area contributed by atoms with Crippen molar-refractivity contribution in [3.63, 3.8) is 0 Å². The van der Waals surface area contributed by atoms with Crippen molar-refractivity contribution in [1.29, 1.82) is 0 Å². The molecule has 3 aromatic rings. The van der Waals surface area contributed by atoms with Crippen LogP contribution >= 0.6 is 0 Å². The maximum absolute atomic E-state index is 4.61. The Kier molecular flexibility index (Phi) is 3.06. The molecule has 0 fully saturated rings. The lowest BCUT2D eigenvalue weighted by atomic mass is 10.2. The molecule has 2 heterocycles. The standard InChI is InChI=1S/C15H14N4/c1-12-10-14(11-19-9-5-8-16-19)18-15(17-12)13-6-3-2-4-7-13/h2-10H,11H2,1H3. The summed E-state index contributed by atoms with van der Waals surface area (Å²) >= 11 is 0. The minimum absolute atomic E-state index is 0.663. The van der Waals surface area contributed by atoms with Crippen molar-refractivity contribution >= 4 is 0 Å². The van der Waals surface area contributed by atoms with Crippen LogP contribution in [0.15, 0.2) is 54.9 Å². The van der Waals surface area contributed by atoms with Crippen LogP contribution in [-0.4, -0.2) is 19.7 Å². The Morgan fingerprint density at radius 2 is 1.89 bits per heavy atom. The Balaban J connectivity index is 1.97. The maximum atomic E-state index is 4.61. The summed E-state index contributed by atoms with van der Waals surface area (Å²) < 4.78 is 1.86. The monoisotopic (exact) mass is 250 g/mol. The molecule has 0 N–H and O–H groups in total. The molecule has 0 saturated carbocycles. The number of hydrogen-bond donors (Lipinski definition) is 0. The van der Waals surface area contributed by atoms with Crippen LogP contribution in [0.4, 0.5) is 0 Å². The largest absolute Gasteiger partial charge is 0.267 e. The molecule has 0 unspecified atom stereocenters. The third-order valence-corrected chi connectivity index (χ3v) is 2.82. The average Bonchev–Trinajstić information content (AvgIpc) is 2.92. The topological polar surface area (TPSA) is 43.6 Å². The Hall–Kier alpha value is -2.49. The first kappa shape index (κ1) is 11.6. The normalized spacial score (nSPS) is 10.6. The Labute approximate surface area is 111 Å². The minimum atomic E-state index is 0.663. The lowest BCUT2D eigenvalue weighted by molar-refractivity contribution is 0.670. The van der Waals surface area contributed by atoms with E-state index in [4.69, 9.17) is 0 Å². The smallest absolute Gasteiger partial charge is 0.159 e. The van der Waals surface area contributed by atoms with Gasteiger partial charge in [0.2, 0.25) is 0 Å². The number of benzene rings is 1. The van der Waals surface area contributed by atoms with E-state index in [0.29, 0.717) is 6.54 Å². The van der Waals surface area contributed by atoms with E-state index in [0.717, 1.165) is 22.8 Å². The van der Waals surface area contributed by atoms with E-state index in [1.807, 2.05) is 60.3 Å². The van der Waals surface area contributed by atoms with Crippen LogP contribution in [0.3, 0.4) is 0 Å². The maximum Gasteiger partial charge on any atom is 0.159 e. The number of aromatic nitrogens is 4. The van der Waals surface area contributed by atoms with E-state index < -0.39 is 0 Å². The van der Waals surface area contributed by atoms with Gasteiger partial charge in [-0.1, -0.05) is 30.3 Å². The van der Waals surface area contributed by atoms with E-state index in [2.05, 4.69) is 15.1 Å². The zero-order valence-electron chi connectivity index (χ0n) is 10.7. The van der Waals surface area contributed by atoms with Gasteiger partial charge in [0, 0.05) is 23.7 Å². The summed E-state index contributed by atoms with van der Waals surface area (Å²) in [7, 11) is 0. The van der Waals surface area contributed by atoms with E-state index >= 15 is 0 Å². The van der Waals surface area contributed by atoms with Crippen molar-refractivity contribution in [3.05, 3.63) is 66.2 Å². The van der Waals surface area contributed by atoms with Gasteiger partial charge >= 0.3 is 0 Å². The summed E-state index contributed by atoms with van der Waals surface area (Å²) in [6.07, 6.45) is 3.70. The van der Waals surface area contributed by atoms with Gasteiger partial charge in [-0.15, -0.1) is 0 Å². The fourth-order valence-electron chi connectivity index (χ4n) is 1.99. The summed E-state index contributed by atoms with van der Waals surface area (Å²) in [6, 6.07) is 13.9. The van der Waals surface area contributed by atoms with Gasteiger partial charge in [-0.25, -0.2) is 9.97 Å². The predicted octanol–water partition coefficient (Wildman–Crippen LogP) is 2.70. The molecule has 2 aromatic heterocycles. The van der Waals surface area contributed by atoms with Gasteiger partial charge in [0.15, 0.2) is 5.82 Å². The second kappa shape index (κ2) is 5.02. The van der Waals surface area contributed by atoms with Gasteiger partial charge in [0.05, 0.1) is 12.2 Å². The van der Waals surface area contributed by atoms with Crippen molar-refractivity contribution in [2.75, 3.05) is 0 Å².